The van der Waals surface area contributed by atoms with Crippen LogP contribution in [0.25, 0.3) is 0 Å². The first kappa shape index (κ1) is 9.51. The Morgan fingerprint density at radius 2 is 2.31 bits per heavy atom. The highest BCUT2D eigenvalue weighted by molar-refractivity contribution is 5.72. The molecule has 0 spiro atoms. The van der Waals surface area contributed by atoms with Gasteiger partial charge >= 0.3 is 0 Å². The van der Waals surface area contributed by atoms with Crippen LogP contribution in [0.15, 0.2) is 18.2 Å². The Labute approximate surface area is 75.2 Å². The van der Waals surface area contributed by atoms with Crippen LogP contribution in [0.5, 0.6) is 5.75 Å². The number of carbonyl (C=O) groups is 1. The monoisotopic (exact) mass is 183 g/mol. The van der Waals surface area contributed by atoms with Crippen molar-refractivity contribution >= 4 is 5.91 Å². The molecule has 0 saturated heterocycles. The number of halogens is 1. The topological polar surface area (TPSA) is 49.3 Å². The maximum atomic E-state index is 12.7. The SMILES string of the molecule is CC(=O)NCc1ccc(O)c(F)c1. The highest BCUT2D eigenvalue weighted by atomic mass is 19.1. The van der Waals surface area contributed by atoms with Gasteiger partial charge in [0.2, 0.25) is 5.91 Å². The van der Waals surface area contributed by atoms with Gasteiger partial charge in [-0.25, -0.2) is 4.39 Å². The Balaban J connectivity index is 2.68. The number of phenols is 1. The zero-order valence-electron chi connectivity index (χ0n) is 7.17. The Morgan fingerprint density at radius 1 is 1.62 bits per heavy atom. The second-order valence-corrected chi connectivity index (χ2v) is 2.70. The lowest BCUT2D eigenvalue weighted by molar-refractivity contribution is -0.119. The van der Waals surface area contributed by atoms with E-state index in [9.17, 15) is 9.18 Å². The molecule has 0 aliphatic rings. The molecule has 1 rings (SSSR count). The van der Waals surface area contributed by atoms with Crippen molar-refractivity contribution in [3.8, 4) is 5.75 Å². The molecule has 3 nitrogen and oxygen atoms in total. The van der Waals surface area contributed by atoms with Gasteiger partial charge in [0.05, 0.1) is 0 Å². The van der Waals surface area contributed by atoms with Gasteiger partial charge in [-0.15, -0.1) is 0 Å². The van der Waals surface area contributed by atoms with Crippen molar-refractivity contribution in [1.82, 2.24) is 5.32 Å². The third-order valence-corrected chi connectivity index (χ3v) is 1.55. The zero-order chi connectivity index (χ0) is 9.84. The molecule has 0 aromatic heterocycles. The van der Waals surface area contributed by atoms with Crippen LogP contribution >= 0.6 is 0 Å². The minimum absolute atomic E-state index is 0.173. The van der Waals surface area contributed by atoms with Gasteiger partial charge < -0.3 is 10.4 Å². The third kappa shape index (κ3) is 2.74. The summed E-state index contributed by atoms with van der Waals surface area (Å²) < 4.78 is 12.7. The predicted molar refractivity (Wildman–Crippen MR) is 45.6 cm³/mol. The van der Waals surface area contributed by atoms with Gasteiger partial charge in [-0.3, -0.25) is 4.79 Å². The Kier molecular flexibility index (Phi) is 2.84. The molecule has 13 heavy (non-hydrogen) atoms. The van der Waals surface area contributed by atoms with Gasteiger partial charge in [-0.2, -0.15) is 0 Å². The molecule has 1 aromatic carbocycles. The first-order valence-corrected chi connectivity index (χ1v) is 3.81. The van der Waals surface area contributed by atoms with Gasteiger partial charge in [0.15, 0.2) is 11.6 Å². The zero-order valence-corrected chi connectivity index (χ0v) is 7.17. The Bertz CT molecular complexity index is 325. The van der Waals surface area contributed by atoms with E-state index < -0.39 is 5.82 Å². The van der Waals surface area contributed by atoms with Crippen LogP contribution in [0.1, 0.15) is 12.5 Å². The molecule has 4 heteroatoms. The summed E-state index contributed by atoms with van der Waals surface area (Å²) in [7, 11) is 0. The number of benzene rings is 1. The molecule has 0 bridgehead atoms. The third-order valence-electron chi connectivity index (χ3n) is 1.55. The summed E-state index contributed by atoms with van der Waals surface area (Å²) in [5, 5.41) is 11.4. The summed E-state index contributed by atoms with van der Waals surface area (Å²) in [4.78, 5) is 10.5. The van der Waals surface area contributed by atoms with E-state index in [1.807, 2.05) is 0 Å². The number of rotatable bonds is 2. The molecule has 0 aliphatic carbocycles. The fourth-order valence-corrected chi connectivity index (χ4v) is 0.887. The number of nitrogens with one attached hydrogen (secondary N) is 1. The van der Waals surface area contributed by atoms with Crippen molar-refractivity contribution in [1.29, 1.82) is 0 Å². The largest absolute Gasteiger partial charge is 0.505 e. The van der Waals surface area contributed by atoms with Gasteiger partial charge in [0, 0.05) is 13.5 Å². The van der Waals surface area contributed by atoms with Crippen LogP contribution in [0.3, 0.4) is 0 Å². The minimum atomic E-state index is -0.678. The van der Waals surface area contributed by atoms with Crippen LogP contribution in [0.4, 0.5) is 4.39 Å². The molecule has 0 radical (unpaired) electrons. The Morgan fingerprint density at radius 3 is 2.85 bits per heavy atom. The lowest BCUT2D eigenvalue weighted by Gasteiger charge is -2.02. The van der Waals surface area contributed by atoms with E-state index >= 15 is 0 Å². The average Bonchev–Trinajstić information content (AvgIpc) is 2.07. The predicted octanol–water partition coefficient (Wildman–Crippen LogP) is 1.17. The van der Waals surface area contributed by atoms with Crippen LogP contribution in [-0.4, -0.2) is 11.0 Å². The molecule has 0 atom stereocenters. The quantitative estimate of drug-likeness (QED) is 0.723. The molecule has 2 N–H and O–H groups in total. The van der Waals surface area contributed by atoms with Gasteiger partial charge in [0.1, 0.15) is 0 Å². The molecule has 0 aliphatic heterocycles. The maximum absolute atomic E-state index is 12.7. The lowest BCUT2D eigenvalue weighted by Crippen LogP contribution is -2.18. The second kappa shape index (κ2) is 3.89. The van der Waals surface area contributed by atoms with E-state index in [1.165, 1.54) is 19.1 Å². The number of phenolic OH excluding ortho intramolecular Hbond substituents is 1. The molecule has 0 heterocycles. The highest BCUT2D eigenvalue weighted by Crippen LogP contribution is 2.15. The van der Waals surface area contributed by atoms with Crippen molar-refractivity contribution < 1.29 is 14.3 Å². The van der Waals surface area contributed by atoms with Crippen LogP contribution in [0, 0.1) is 5.82 Å². The van der Waals surface area contributed by atoms with Crippen molar-refractivity contribution in [3.63, 3.8) is 0 Å². The molecule has 0 saturated carbocycles. The van der Waals surface area contributed by atoms with E-state index in [2.05, 4.69) is 5.32 Å². The number of carbonyl (C=O) groups excluding carboxylic acids is 1. The number of amides is 1. The normalized spacial score (nSPS) is 9.69. The standard InChI is InChI=1S/C9H10FNO2/c1-6(12)11-5-7-2-3-9(13)8(10)4-7/h2-4,13H,5H2,1H3,(H,11,12). The summed E-state index contributed by atoms with van der Waals surface area (Å²) in [6, 6.07) is 3.99. The summed E-state index contributed by atoms with van der Waals surface area (Å²) in [5.41, 5.74) is 0.616. The fraction of sp³-hybridized carbons (Fsp3) is 0.222. The molecular formula is C9H10FNO2. The molecule has 70 valence electrons. The van der Waals surface area contributed by atoms with Gasteiger partial charge in [-0.1, -0.05) is 6.07 Å². The van der Waals surface area contributed by atoms with Gasteiger partial charge in [0.25, 0.3) is 0 Å². The van der Waals surface area contributed by atoms with E-state index in [1.54, 1.807) is 6.07 Å². The molecule has 1 aromatic rings. The Hall–Kier alpha value is -1.58. The number of hydrogen-bond acceptors (Lipinski definition) is 2. The summed E-state index contributed by atoms with van der Waals surface area (Å²) in [6.07, 6.45) is 0. The first-order valence-electron chi connectivity index (χ1n) is 3.81. The molecular weight excluding hydrogens is 173 g/mol. The average molecular weight is 183 g/mol. The molecule has 1 amide bonds. The molecule has 0 unspecified atom stereocenters. The number of aromatic hydroxyl groups is 1. The van der Waals surface area contributed by atoms with E-state index in [0.717, 1.165) is 0 Å². The van der Waals surface area contributed by atoms with Crippen molar-refractivity contribution in [2.24, 2.45) is 0 Å². The minimum Gasteiger partial charge on any atom is -0.505 e. The van der Waals surface area contributed by atoms with E-state index in [0.29, 0.717) is 5.56 Å². The van der Waals surface area contributed by atoms with Gasteiger partial charge in [-0.05, 0) is 17.7 Å². The molecule has 0 fully saturated rings. The highest BCUT2D eigenvalue weighted by Gasteiger charge is 2.01. The summed E-state index contributed by atoms with van der Waals surface area (Å²) in [5.74, 6) is -1.23. The summed E-state index contributed by atoms with van der Waals surface area (Å²) in [6.45, 7) is 1.66. The van der Waals surface area contributed by atoms with Crippen molar-refractivity contribution in [3.05, 3.63) is 29.6 Å². The van der Waals surface area contributed by atoms with Crippen molar-refractivity contribution in [2.45, 2.75) is 13.5 Å². The first-order chi connectivity index (χ1) is 6.09. The van der Waals surface area contributed by atoms with Crippen molar-refractivity contribution in [2.75, 3.05) is 0 Å². The van der Waals surface area contributed by atoms with Crippen LogP contribution < -0.4 is 5.32 Å². The van der Waals surface area contributed by atoms with E-state index in [-0.39, 0.29) is 18.2 Å². The van der Waals surface area contributed by atoms with E-state index in [4.69, 9.17) is 5.11 Å². The van der Waals surface area contributed by atoms with Crippen LogP contribution in [0.2, 0.25) is 0 Å². The fourth-order valence-electron chi connectivity index (χ4n) is 0.887. The van der Waals surface area contributed by atoms with Crippen LogP contribution in [-0.2, 0) is 11.3 Å². The summed E-state index contributed by atoms with van der Waals surface area (Å²) >= 11 is 0. The smallest absolute Gasteiger partial charge is 0.217 e. The number of hydrogen-bond donors (Lipinski definition) is 2. The lowest BCUT2D eigenvalue weighted by atomic mass is 10.2. The second-order valence-electron chi connectivity index (χ2n) is 2.70. The maximum Gasteiger partial charge on any atom is 0.217 e.